The molecular formula is C17H19NO4S. The second-order valence-electron chi connectivity index (χ2n) is 6.52. The molecule has 0 aromatic rings. The third-order valence-electron chi connectivity index (χ3n) is 3.76. The van der Waals surface area contributed by atoms with Crippen LogP contribution in [0.5, 0.6) is 0 Å². The van der Waals surface area contributed by atoms with Gasteiger partial charge in [-0.2, -0.15) is 0 Å². The molecule has 122 valence electrons. The molecule has 0 aromatic heterocycles. The van der Waals surface area contributed by atoms with Crippen molar-refractivity contribution >= 4 is 21.4 Å². The molecule has 0 bridgehead atoms. The summed E-state index contributed by atoms with van der Waals surface area (Å²) in [6, 6.07) is 0. The van der Waals surface area contributed by atoms with Crippen molar-refractivity contribution in [2.24, 2.45) is 5.41 Å². The molecule has 0 unspecified atom stereocenters. The van der Waals surface area contributed by atoms with Gasteiger partial charge in [0.2, 0.25) is 0 Å². The molecule has 0 atom stereocenters. The average molecular weight is 333 g/mol. The number of nitrogens with one attached hydrogen (secondary N) is 1. The third kappa shape index (κ3) is 4.42. The van der Waals surface area contributed by atoms with Gasteiger partial charge in [0.1, 0.15) is 4.91 Å². The summed E-state index contributed by atoms with van der Waals surface area (Å²) < 4.78 is 22.7. The van der Waals surface area contributed by atoms with E-state index in [-0.39, 0.29) is 27.5 Å². The first-order chi connectivity index (χ1) is 10.6. The summed E-state index contributed by atoms with van der Waals surface area (Å²) in [6.07, 6.45) is 6.73. The van der Waals surface area contributed by atoms with Crippen LogP contribution in [0, 0.1) is 5.41 Å². The van der Waals surface area contributed by atoms with Gasteiger partial charge >= 0.3 is 0 Å². The summed E-state index contributed by atoms with van der Waals surface area (Å²) in [7, 11) is -3.33. The quantitative estimate of drug-likeness (QED) is 0.369. The van der Waals surface area contributed by atoms with Crippen molar-refractivity contribution in [2.45, 2.75) is 33.1 Å². The Morgan fingerprint density at radius 3 is 2.43 bits per heavy atom. The Labute approximate surface area is 136 Å². The van der Waals surface area contributed by atoms with Gasteiger partial charge in [-0.15, -0.1) is 0 Å². The van der Waals surface area contributed by atoms with Crippen LogP contribution in [-0.4, -0.2) is 26.2 Å². The van der Waals surface area contributed by atoms with Crippen molar-refractivity contribution in [1.29, 1.82) is 0 Å². The van der Waals surface area contributed by atoms with Crippen LogP contribution in [-0.2, 0) is 19.4 Å². The highest BCUT2D eigenvalue weighted by molar-refractivity contribution is 7.94. The van der Waals surface area contributed by atoms with E-state index in [4.69, 9.17) is 0 Å². The second kappa shape index (κ2) is 6.17. The highest BCUT2D eigenvalue weighted by Gasteiger charge is 2.31. The molecule has 0 radical (unpaired) electrons. The minimum atomic E-state index is -3.33. The van der Waals surface area contributed by atoms with E-state index in [1.54, 1.807) is 0 Å². The lowest BCUT2D eigenvalue weighted by atomic mass is 9.84. The van der Waals surface area contributed by atoms with E-state index in [9.17, 15) is 18.0 Å². The van der Waals surface area contributed by atoms with Gasteiger partial charge < -0.3 is 5.32 Å². The van der Waals surface area contributed by atoms with Gasteiger partial charge in [0.15, 0.2) is 21.4 Å². The van der Waals surface area contributed by atoms with Gasteiger partial charge in [-0.3, -0.25) is 9.59 Å². The number of carbonyl (C=O) groups excluding carboxylic acids is 2. The number of carbonyl (C=O) groups is 2. The first kappa shape index (κ1) is 17.2. The van der Waals surface area contributed by atoms with Crippen molar-refractivity contribution < 1.29 is 18.0 Å². The maximum atomic E-state index is 12.2. The van der Waals surface area contributed by atoms with E-state index < -0.39 is 9.84 Å². The molecule has 0 amide bonds. The summed E-state index contributed by atoms with van der Waals surface area (Å²) in [5.41, 5.74) is 5.61. The SMILES string of the molecule is CC1(C)CCC(=O)/C(=C/NC2=C=C=C(S(C)(=O)=O)C=C2)C(=O)C1. The Balaban J connectivity index is 2.25. The van der Waals surface area contributed by atoms with E-state index in [1.165, 1.54) is 18.4 Å². The zero-order valence-corrected chi connectivity index (χ0v) is 14.2. The standard InChI is InChI=1S/C17H19NO4S/c1-17(2)9-8-15(19)14(16(20)10-17)11-18-12-4-6-13(7-5-12)23(3,21)22/h4,6,11,18H,8-10H2,1-3H3/b14-11-. The maximum Gasteiger partial charge on any atom is 0.183 e. The molecule has 23 heavy (non-hydrogen) atoms. The number of allylic oxidation sites excluding steroid dienone is 3. The second-order valence-corrected chi connectivity index (χ2v) is 8.51. The number of ketones is 2. The van der Waals surface area contributed by atoms with E-state index in [0.29, 0.717) is 25.0 Å². The predicted molar refractivity (Wildman–Crippen MR) is 86.9 cm³/mol. The van der Waals surface area contributed by atoms with Gasteiger partial charge in [-0.1, -0.05) is 13.8 Å². The minimum Gasteiger partial charge on any atom is -0.354 e. The summed E-state index contributed by atoms with van der Waals surface area (Å²) in [5, 5.41) is 2.82. The molecule has 0 aliphatic heterocycles. The van der Waals surface area contributed by atoms with Crippen molar-refractivity contribution in [1.82, 2.24) is 5.32 Å². The number of sulfone groups is 1. The van der Waals surface area contributed by atoms with E-state index in [1.807, 2.05) is 13.8 Å². The lowest BCUT2D eigenvalue weighted by Gasteiger charge is -2.19. The van der Waals surface area contributed by atoms with Crippen molar-refractivity contribution in [3.63, 3.8) is 0 Å². The smallest absolute Gasteiger partial charge is 0.183 e. The predicted octanol–water partition coefficient (Wildman–Crippen LogP) is 1.94. The topological polar surface area (TPSA) is 80.3 Å². The molecular weight excluding hydrogens is 314 g/mol. The maximum absolute atomic E-state index is 12.2. The van der Waals surface area contributed by atoms with Gasteiger partial charge in [-0.05, 0) is 35.5 Å². The third-order valence-corrected chi connectivity index (χ3v) is 4.80. The summed E-state index contributed by atoms with van der Waals surface area (Å²) >= 11 is 0. The fourth-order valence-corrected chi connectivity index (χ4v) is 2.89. The summed E-state index contributed by atoms with van der Waals surface area (Å²) in [6.45, 7) is 3.95. The van der Waals surface area contributed by atoms with Gasteiger partial charge in [-0.25, -0.2) is 8.42 Å². The minimum absolute atomic E-state index is 0.0408. The average Bonchev–Trinajstić information content (AvgIpc) is 2.53. The first-order valence-corrected chi connectivity index (χ1v) is 9.15. The molecule has 1 saturated carbocycles. The van der Waals surface area contributed by atoms with E-state index >= 15 is 0 Å². The zero-order valence-electron chi connectivity index (χ0n) is 13.4. The van der Waals surface area contributed by atoms with Crippen LogP contribution in [0.2, 0.25) is 0 Å². The molecule has 5 nitrogen and oxygen atoms in total. The Bertz CT molecular complexity index is 828. The molecule has 2 rings (SSSR count). The zero-order chi connectivity index (χ0) is 17.3. The van der Waals surface area contributed by atoms with Crippen LogP contribution in [0.15, 0.2) is 46.0 Å². The molecule has 0 spiro atoms. The molecule has 0 heterocycles. The molecule has 1 N–H and O–H groups in total. The van der Waals surface area contributed by atoms with Gasteiger partial charge in [0.05, 0.1) is 11.3 Å². The Hall–Kier alpha value is -2.13. The fourth-order valence-electron chi connectivity index (χ4n) is 2.34. The lowest BCUT2D eigenvalue weighted by molar-refractivity contribution is -0.120. The fraction of sp³-hybridized carbons (Fsp3) is 0.412. The van der Waals surface area contributed by atoms with Crippen LogP contribution in [0.1, 0.15) is 33.1 Å². The number of Topliss-reactive ketones (excluding diaryl/α,β-unsaturated/α-hetero) is 2. The number of hydrogen-bond donors (Lipinski definition) is 1. The largest absolute Gasteiger partial charge is 0.354 e. The van der Waals surface area contributed by atoms with Crippen LogP contribution in [0.3, 0.4) is 0 Å². The number of hydrogen-bond acceptors (Lipinski definition) is 5. The van der Waals surface area contributed by atoms with Gasteiger partial charge in [0, 0.05) is 25.3 Å². The first-order valence-electron chi connectivity index (χ1n) is 7.26. The summed E-state index contributed by atoms with van der Waals surface area (Å²) in [4.78, 5) is 24.4. The van der Waals surface area contributed by atoms with Crippen molar-refractivity contribution in [3.05, 3.63) is 46.0 Å². The highest BCUT2D eigenvalue weighted by atomic mass is 32.2. The normalized spacial score (nSPS) is 22.7. The summed E-state index contributed by atoms with van der Waals surface area (Å²) in [5.74, 6) is -0.355. The molecule has 1 fully saturated rings. The van der Waals surface area contributed by atoms with Crippen LogP contribution < -0.4 is 5.32 Å². The molecule has 0 saturated heterocycles. The van der Waals surface area contributed by atoms with Gasteiger partial charge in [0.25, 0.3) is 0 Å². The highest BCUT2D eigenvalue weighted by Crippen LogP contribution is 2.32. The van der Waals surface area contributed by atoms with E-state index in [2.05, 4.69) is 16.8 Å². The Morgan fingerprint density at radius 2 is 1.87 bits per heavy atom. The molecule has 2 aliphatic rings. The monoisotopic (exact) mass is 333 g/mol. The number of rotatable bonds is 3. The van der Waals surface area contributed by atoms with Crippen LogP contribution in [0.25, 0.3) is 0 Å². The van der Waals surface area contributed by atoms with Crippen molar-refractivity contribution in [2.75, 3.05) is 6.26 Å². The van der Waals surface area contributed by atoms with Crippen molar-refractivity contribution in [3.8, 4) is 0 Å². The Morgan fingerprint density at radius 1 is 1.17 bits per heavy atom. The van der Waals surface area contributed by atoms with Crippen LogP contribution in [0.4, 0.5) is 0 Å². The van der Waals surface area contributed by atoms with Crippen LogP contribution >= 0.6 is 0 Å². The molecule has 2 aliphatic carbocycles. The molecule has 6 heteroatoms. The Kier molecular flexibility index (Phi) is 4.62. The lowest BCUT2D eigenvalue weighted by Crippen LogP contribution is -2.17. The van der Waals surface area contributed by atoms with E-state index in [0.717, 1.165) is 6.26 Å². The molecule has 0 aromatic carbocycles.